The van der Waals surface area contributed by atoms with Crippen molar-refractivity contribution >= 4 is 17.4 Å². The molecule has 1 aliphatic rings. The molecular weight excluding hydrogens is 302 g/mol. The van der Waals surface area contributed by atoms with E-state index in [1.807, 2.05) is 34.0 Å². The average molecular weight is 327 g/mol. The quantitative estimate of drug-likeness (QED) is 0.902. The van der Waals surface area contributed by atoms with E-state index in [0.29, 0.717) is 6.54 Å². The van der Waals surface area contributed by atoms with Crippen molar-refractivity contribution in [1.29, 1.82) is 0 Å². The molecule has 1 aromatic heterocycles. The van der Waals surface area contributed by atoms with Crippen molar-refractivity contribution < 1.29 is 4.79 Å². The van der Waals surface area contributed by atoms with Crippen molar-refractivity contribution in [1.82, 2.24) is 14.7 Å². The molecule has 2 aromatic rings. The Bertz CT molecular complexity index is 667. The predicted molar refractivity (Wildman–Crippen MR) is 96.3 cm³/mol. The van der Waals surface area contributed by atoms with Gasteiger partial charge >= 0.3 is 6.03 Å². The molecule has 0 spiro atoms. The number of nitrogens with zero attached hydrogens (tertiary/aromatic N) is 3. The number of amides is 2. The highest BCUT2D eigenvalue weighted by Crippen LogP contribution is 2.17. The molecule has 1 aliphatic heterocycles. The number of piperidine rings is 1. The number of carbonyl (C=O) groups excluding carboxylic acids is 1. The summed E-state index contributed by atoms with van der Waals surface area (Å²) in [4.78, 5) is 14.4. The predicted octanol–water partition coefficient (Wildman–Crippen LogP) is 3.57. The number of hydrogen-bond acceptors (Lipinski definition) is 3. The number of nitrogens with one attached hydrogen (secondary N) is 2. The maximum absolute atomic E-state index is 12.5. The van der Waals surface area contributed by atoms with Gasteiger partial charge in [-0.05, 0) is 38.8 Å². The van der Waals surface area contributed by atoms with Gasteiger partial charge in [0.15, 0.2) is 0 Å². The zero-order valence-corrected chi connectivity index (χ0v) is 14.3. The second-order valence-electron chi connectivity index (χ2n) is 6.53. The van der Waals surface area contributed by atoms with Crippen molar-refractivity contribution in [2.24, 2.45) is 0 Å². The number of benzene rings is 1. The zero-order chi connectivity index (χ0) is 16.9. The summed E-state index contributed by atoms with van der Waals surface area (Å²) < 4.78 is 1.84. The van der Waals surface area contributed by atoms with E-state index in [4.69, 9.17) is 0 Å². The van der Waals surface area contributed by atoms with E-state index in [9.17, 15) is 4.79 Å². The van der Waals surface area contributed by atoms with Crippen molar-refractivity contribution in [3.8, 4) is 0 Å². The Morgan fingerprint density at radius 3 is 2.75 bits per heavy atom. The van der Waals surface area contributed by atoms with Crippen LogP contribution in [-0.2, 0) is 0 Å². The molecule has 0 saturated carbocycles. The number of urea groups is 1. The van der Waals surface area contributed by atoms with E-state index in [1.165, 1.54) is 0 Å². The van der Waals surface area contributed by atoms with Crippen LogP contribution in [-0.4, -0.2) is 39.8 Å². The lowest BCUT2D eigenvalue weighted by molar-refractivity contribution is 0.196. The zero-order valence-electron chi connectivity index (χ0n) is 14.3. The normalized spacial score (nSPS) is 17.8. The number of aromatic nitrogens is 2. The number of anilines is 2. The molecule has 24 heavy (non-hydrogen) atoms. The Morgan fingerprint density at radius 2 is 2.04 bits per heavy atom. The molecule has 3 rings (SSSR count). The van der Waals surface area contributed by atoms with Crippen LogP contribution >= 0.6 is 0 Å². The molecule has 2 N–H and O–H groups in total. The number of para-hydroxylation sites is 1. The van der Waals surface area contributed by atoms with Crippen LogP contribution < -0.4 is 10.6 Å². The minimum Gasteiger partial charge on any atom is -0.381 e. The summed E-state index contributed by atoms with van der Waals surface area (Å²) in [5, 5.41) is 10.7. The minimum atomic E-state index is -0.0575. The molecule has 1 atom stereocenters. The number of likely N-dealkylation sites (tertiary alicyclic amines) is 1. The summed E-state index contributed by atoms with van der Waals surface area (Å²) in [5.74, 6) is 0. The fourth-order valence-corrected chi connectivity index (χ4v) is 2.94. The highest BCUT2D eigenvalue weighted by Gasteiger charge is 2.23. The van der Waals surface area contributed by atoms with Gasteiger partial charge in [0.25, 0.3) is 0 Å². The summed E-state index contributed by atoms with van der Waals surface area (Å²) in [5.41, 5.74) is 1.84. The summed E-state index contributed by atoms with van der Waals surface area (Å²) in [7, 11) is 0. The van der Waals surface area contributed by atoms with Crippen molar-refractivity contribution in [2.45, 2.75) is 38.8 Å². The Morgan fingerprint density at radius 1 is 1.25 bits per heavy atom. The molecule has 6 heteroatoms. The van der Waals surface area contributed by atoms with E-state index < -0.39 is 0 Å². The van der Waals surface area contributed by atoms with Gasteiger partial charge in [-0.3, -0.25) is 4.68 Å². The molecule has 2 amide bonds. The monoisotopic (exact) mass is 327 g/mol. The van der Waals surface area contributed by atoms with Gasteiger partial charge in [-0.25, -0.2) is 4.79 Å². The Kier molecular flexibility index (Phi) is 5.03. The Labute approximate surface area is 142 Å². The molecule has 0 unspecified atom stereocenters. The first-order chi connectivity index (χ1) is 11.6. The first-order valence-electron chi connectivity index (χ1n) is 8.53. The molecule has 0 bridgehead atoms. The second kappa shape index (κ2) is 7.38. The highest BCUT2D eigenvalue weighted by atomic mass is 16.2. The molecule has 1 fully saturated rings. The first kappa shape index (κ1) is 16.4. The van der Waals surface area contributed by atoms with Crippen LogP contribution in [0.15, 0.2) is 42.7 Å². The van der Waals surface area contributed by atoms with Crippen LogP contribution in [0.2, 0.25) is 0 Å². The fourth-order valence-electron chi connectivity index (χ4n) is 2.94. The van der Waals surface area contributed by atoms with E-state index in [1.54, 1.807) is 6.20 Å². The van der Waals surface area contributed by atoms with E-state index in [2.05, 4.69) is 41.7 Å². The third-order valence-corrected chi connectivity index (χ3v) is 4.24. The SMILES string of the molecule is CC(C)n1cc(NC(=O)N2CCC[C@H](Nc3ccccc3)C2)cn1. The smallest absolute Gasteiger partial charge is 0.322 e. The molecule has 128 valence electrons. The maximum Gasteiger partial charge on any atom is 0.322 e. The molecule has 1 aromatic carbocycles. The molecule has 2 heterocycles. The highest BCUT2D eigenvalue weighted by molar-refractivity contribution is 5.89. The first-order valence-corrected chi connectivity index (χ1v) is 8.53. The number of carbonyl (C=O) groups is 1. The van der Waals surface area contributed by atoms with Crippen molar-refractivity contribution in [3.05, 3.63) is 42.7 Å². The van der Waals surface area contributed by atoms with Gasteiger partial charge in [-0.2, -0.15) is 5.10 Å². The lowest BCUT2D eigenvalue weighted by atomic mass is 10.1. The summed E-state index contributed by atoms with van der Waals surface area (Å²) in [6.45, 7) is 5.61. The van der Waals surface area contributed by atoms with Gasteiger partial charge in [-0.15, -0.1) is 0 Å². The summed E-state index contributed by atoms with van der Waals surface area (Å²) in [6, 6.07) is 10.7. The maximum atomic E-state index is 12.5. The van der Waals surface area contributed by atoms with Crippen LogP contribution in [0.25, 0.3) is 0 Å². The van der Waals surface area contributed by atoms with Crippen LogP contribution in [0.4, 0.5) is 16.2 Å². The largest absolute Gasteiger partial charge is 0.381 e. The molecule has 1 saturated heterocycles. The van der Waals surface area contributed by atoms with Gasteiger partial charge in [0, 0.05) is 37.1 Å². The minimum absolute atomic E-state index is 0.0575. The van der Waals surface area contributed by atoms with Crippen molar-refractivity contribution in [3.63, 3.8) is 0 Å². The third kappa shape index (κ3) is 4.07. The van der Waals surface area contributed by atoms with E-state index >= 15 is 0 Å². The second-order valence-corrected chi connectivity index (χ2v) is 6.53. The fraction of sp³-hybridized carbons (Fsp3) is 0.444. The van der Waals surface area contributed by atoms with E-state index in [-0.39, 0.29) is 18.1 Å². The van der Waals surface area contributed by atoms with E-state index in [0.717, 1.165) is 30.8 Å². The van der Waals surface area contributed by atoms with Crippen molar-refractivity contribution in [2.75, 3.05) is 23.7 Å². The Hall–Kier alpha value is -2.50. The number of hydrogen-bond donors (Lipinski definition) is 2. The van der Waals surface area contributed by atoms with Crippen LogP contribution in [0, 0.1) is 0 Å². The average Bonchev–Trinajstić information content (AvgIpc) is 3.05. The standard InChI is InChI=1S/C18H25N5O/c1-14(2)23-13-17(11-19-23)21-18(24)22-10-6-9-16(12-22)20-15-7-4-3-5-8-15/h3-5,7-8,11,13-14,16,20H,6,9-10,12H2,1-2H3,(H,21,24)/t16-/m0/s1. The van der Waals surface area contributed by atoms with Gasteiger partial charge in [0.05, 0.1) is 11.9 Å². The van der Waals surface area contributed by atoms with Gasteiger partial charge in [0.1, 0.15) is 0 Å². The molecule has 6 nitrogen and oxygen atoms in total. The Balaban J connectivity index is 1.56. The summed E-state index contributed by atoms with van der Waals surface area (Å²) in [6.07, 6.45) is 5.64. The van der Waals surface area contributed by atoms with Crippen LogP contribution in [0.5, 0.6) is 0 Å². The molecular formula is C18H25N5O. The van der Waals surface area contributed by atoms with Gasteiger partial charge in [-0.1, -0.05) is 18.2 Å². The van der Waals surface area contributed by atoms with Gasteiger partial charge in [0.2, 0.25) is 0 Å². The molecule has 0 radical (unpaired) electrons. The topological polar surface area (TPSA) is 62.2 Å². The van der Waals surface area contributed by atoms with Crippen LogP contribution in [0.3, 0.4) is 0 Å². The van der Waals surface area contributed by atoms with Crippen LogP contribution in [0.1, 0.15) is 32.7 Å². The lowest BCUT2D eigenvalue weighted by Crippen LogP contribution is -2.46. The summed E-state index contributed by atoms with van der Waals surface area (Å²) >= 11 is 0. The molecule has 0 aliphatic carbocycles. The third-order valence-electron chi connectivity index (χ3n) is 4.24. The van der Waals surface area contributed by atoms with Gasteiger partial charge < -0.3 is 15.5 Å². The number of rotatable bonds is 4. The lowest BCUT2D eigenvalue weighted by Gasteiger charge is -2.33.